The van der Waals surface area contributed by atoms with E-state index in [1.165, 1.54) is 6.92 Å². The molecule has 0 bridgehead atoms. The van der Waals surface area contributed by atoms with Gasteiger partial charge in [-0.05, 0) is 27.7 Å². The van der Waals surface area contributed by atoms with Crippen LogP contribution in [-0.2, 0) is 14.3 Å². The SMILES string of the molecule is C[C@H](C(=O)OC(C)(C)C)C(=O)C(N)=[N+]=[N-]. The summed E-state index contributed by atoms with van der Waals surface area (Å²) in [5.74, 6) is -3.13. The second-order valence-corrected chi connectivity index (χ2v) is 4.10. The summed E-state index contributed by atoms with van der Waals surface area (Å²) in [6.07, 6.45) is 0. The highest BCUT2D eigenvalue weighted by Crippen LogP contribution is 2.11. The monoisotopic (exact) mass is 213 g/mol. The summed E-state index contributed by atoms with van der Waals surface area (Å²) in [6.45, 7) is 6.40. The lowest BCUT2D eigenvalue weighted by Crippen LogP contribution is -2.37. The molecule has 0 aliphatic rings. The largest absolute Gasteiger partial charge is 0.497 e. The molecule has 0 fully saturated rings. The molecule has 0 aliphatic heterocycles. The fraction of sp³-hybridized carbons (Fsp3) is 0.667. The van der Waals surface area contributed by atoms with Gasteiger partial charge in [-0.3, -0.25) is 15.3 Å². The summed E-state index contributed by atoms with van der Waals surface area (Å²) in [4.78, 5) is 25.2. The van der Waals surface area contributed by atoms with Crippen LogP contribution in [0, 0.1) is 5.92 Å². The number of esters is 1. The van der Waals surface area contributed by atoms with Crippen molar-refractivity contribution >= 4 is 17.6 Å². The van der Waals surface area contributed by atoms with E-state index in [1.54, 1.807) is 20.8 Å². The number of carbonyl (C=O) groups excluding carboxylic acids is 2. The summed E-state index contributed by atoms with van der Waals surface area (Å²) >= 11 is 0. The Hall–Kier alpha value is -1.68. The Bertz CT molecular complexity index is 324. The van der Waals surface area contributed by atoms with Gasteiger partial charge < -0.3 is 15.1 Å². The minimum atomic E-state index is -1.07. The second kappa shape index (κ2) is 4.70. The van der Waals surface area contributed by atoms with Crippen molar-refractivity contribution in [2.45, 2.75) is 33.3 Å². The van der Waals surface area contributed by atoms with E-state index in [9.17, 15) is 9.59 Å². The predicted molar refractivity (Wildman–Crippen MR) is 52.8 cm³/mol. The van der Waals surface area contributed by atoms with Crippen LogP contribution in [0.1, 0.15) is 27.7 Å². The first-order valence-corrected chi connectivity index (χ1v) is 4.43. The lowest BCUT2D eigenvalue weighted by Gasteiger charge is -2.20. The van der Waals surface area contributed by atoms with Crippen molar-refractivity contribution in [3.8, 4) is 0 Å². The molecule has 0 aromatic rings. The molecule has 0 radical (unpaired) electrons. The molecule has 0 saturated heterocycles. The van der Waals surface area contributed by atoms with Gasteiger partial charge in [0.15, 0.2) is 0 Å². The van der Waals surface area contributed by atoms with Crippen molar-refractivity contribution in [2.24, 2.45) is 11.7 Å². The first-order chi connectivity index (χ1) is 6.69. The van der Waals surface area contributed by atoms with Crippen LogP contribution in [0.3, 0.4) is 0 Å². The summed E-state index contributed by atoms with van der Waals surface area (Å²) in [7, 11) is 0. The van der Waals surface area contributed by atoms with Gasteiger partial charge in [0.05, 0.1) is 0 Å². The molecule has 0 amide bonds. The summed E-state index contributed by atoms with van der Waals surface area (Å²) in [5, 5.41) is 0. The van der Waals surface area contributed by atoms with E-state index in [1.807, 2.05) is 0 Å². The number of nitrogens with two attached hydrogens (primary N) is 1. The molecule has 15 heavy (non-hydrogen) atoms. The molecule has 6 nitrogen and oxygen atoms in total. The van der Waals surface area contributed by atoms with Gasteiger partial charge in [0.2, 0.25) is 0 Å². The van der Waals surface area contributed by atoms with E-state index >= 15 is 0 Å². The van der Waals surface area contributed by atoms with Crippen molar-refractivity contribution in [3.63, 3.8) is 0 Å². The van der Waals surface area contributed by atoms with Crippen molar-refractivity contribution in [1.29, 1.82) is 0 Å². The van der Waals surface area contributed by atoms with Crippen LogP contribution in [0.4, 0.5) is 0 Å². The van der Waals surface area contributed by atoms with Crippen LogP contribution in [0.25, 0.3) is 5.53 Å². The number of amidine groups is 1. The molecule has 84 valence electrons. The summed E-state index contributed by atoms with van der Waals surface area (Å²) < 4.78 is 4.96. The molecule has 0 heterocycles. The molecule has 2 N–H and O–H groups in total. The molecular weight excluding hydrogens is 198 g/mol. The Morgan fingerprint density at radius 2 is 1.87 bits per heavy atom. The van der Waals surface area contributed by atoms with Gasteiger partial charge in [-0.15, -0.1) is 0 Å². The number of hydrogen-bond acceptors (Lipinski definition) is 3. The van der Waals surface area contributed by atoms with E-state index in [2.05, 4.69) is 4.79 Å². The van der Waals surface area contributed by atoms with Gasteiger partial charge >= 0.3 is 11.8 Å². The first-order valence-electron chi connectivity index (χ1n) is 4.43. The standard InChI is InChI=1S/C9H15N3O3/c1-5(6(13)7(10)12-11)8(14)15-9(2,3)4/h5H,10H2,1-4H3/t5-/m0/s1. The lowest BCUT2D eigenvalue weighted by atomic mass is 10.1. The zero-order valence-electron chi connectivity index (χ0n) is 9.27. The number of hydrogen-bond donors (Lipinski definition) is 1. The molecule has 6 heteroatoms. The van der Waals surface area contributed by atoms with Crippen LogP contribution in [-0.4, -0.2) is 28.0 Å². The zero-order chi connectivity index (χ0) is 12.2. The van der Waals surface area contributed by atoms with E-state index in [0.717, 1.165) is 0 Å². The Morgan fingerprint density at radius 3 is 2.20 bits per heavy atom. The molecule has 0 aromatic heterocycles. The molecule has 0 aromatic carbocycles. The maximum absolute atomic E-state index is 11.4. The van der Waals surface area contributed by atoms with Crippen LogP contribution in [0.2, 0.25) is 0 Å². The molecule has 1 atom stereocenters. The second-order valence-electron chi connectivity index (χ2n) is 4.10. The normalized spacial score (nSPS) is 12.5. The number of ketones is 1. The van der Waals surface area contributed by atoms with Gasteiger partial charge in [-0.2, -0.15) is 0 Å². The summed E-state index contributed by atoms with van der Waals surface area (Å²) in [6, 6.07) is 0. The molecular formula is C9H15N3O3. The van der Waals surface area contributed by atoms with Crippen molar-refractivity contribution in [2.75, 3.05) is 0 Å². The fourth-order valence-corrected chi connectivity index (χ4v) is 0.768. The van der Waals surface area contributed by atoms with Crippen molar-refractivity contribution in [1.82, 2.24) is 0 Å². The van der Waals surface area contributed by atoms with E-state index in [0.29, 0.717) is 0 Å². The smallest absolute Gasteiger partial charge is 0.395 e. The minimum absolute atomic E-state index is 0.603. The van der Waals surface area contributed by atoms with E-state index in [-0.39, 0.29) is 0 Å². The van der Waals surface area contributed by atoms with Crippen LogP contribution >= 0.6 is 0 Å². The third-order valence-electron chi connectivity index (χ3n) is 1.51. The van der Waals surface area contributed by atoms with Crippen LogP contribution < -0.4 is 5.73 Å². The molecule has 0 saturated carbocycles. The van der Waals surface area contributed by atoms with Gasteiger partial charge in [0, 0.05) is 0 Å². The maximum atomic E-state index is 11.4. The number of ether oxygens (including phenoxy) is 1. The Kier molecular flexibility index (Phi) is 4.18. The van der Waals surface area contributed by atoms with Gasteiger partial charge in [0.25, 0.3) is 5.78 Å². The Balaban J connectivity index is 4.60. The predicted octanol–water partition coefficient (Wildman–Crippen LogP) is 0.120. The van der Waals surface area contributed by atoms with Crippen LogP contribution in [0.5, 0.6) is 0 Å². The van der Waals surface area contributed by atoms with E-state index < -0.39 is 29.1 Å². The lowest BCUT2D eigenvalue weighted by molar-refractivity contribution is -0.160. The average molecular weight is 213 g/mol. The van der Waals surface area contributed by atoms with Crippen LogP contribution in [0.15, 0.2) is 0 Å². The highest BCUT2D eigenvalue weighted by molar-refractivity contribution is 6.39. The van der Waals surface area contributed by atoms with E-state index in [4.69, 9.17) is 16.0 Å². The van der Waals surface area contributed by atoms with Gasteiger partial charge in [-0.25, -0.2) is 0 Å². The quantitative estimate of drug-likeness (QED) is 0.179. The number of nitrogens with zero attached hydrogens (tertiary/aromatic N) is 2. The third kappa shape index (κ3) is 4.37. The number of rotatable bonds is 3. The number of carbonyl (C=O) groups is 2. The third-order valence-corrected chi connectivity index (χ3v) is 1.51. The first kappa shape index (κ1) is 13.3. The highest BCUT2D eigenvalue weighted by Gasteiger charge is 2.32. The molecule has 0 unspecified atom stereocenters. The van der Waals surface area contributed by atoms with Crippen molar-refractivity contribution < 1.29 is 19.1 Å². The molecule has 0 aliphatic carbocycles. The zero-order valence-corrected chi connectivity index (χ0v) is 9.27. The van der Waals surface area contributed by atoms with Gasteiger partial charge in [0.1, 0.15) is 11.5 Å². The highest BCUT2D eigenvalue weighted by atomic mass is 16.6. The molecule has 0 rings (SSSR count). The van der Waals surface area contributed by atoms with Crippen molar-refractivity contribution in [3.05, 3.63) is 5.53 Å². The van der Waals surface area contributed by atoms with Gasteiger partial charge in [-0.1, -0.05) is 0 Å². The Morgan fingerprint density at radius 1 is 1.40 bits per heavy atom. The average Bonchev–Trinajstić information content (AvgIpc) is 2.11. The maximum Gasteiger partial charge on any atom is 0.395 e. The number of Topliss-reactive ketones (excluding diaryl/α,β-unsaturated/α-hetero) is 1. The Labute approximate surface area is 88.0 Å². The fourth-order valence-electron chi connectivity index (χ4n) is 0.768. The minimum Gasteiger partial charge on any atom is -0.497 e. The molecule has 0 spiro atoms. The summed E-state index contributed by atoms with van der Waals surface area (Å²) in [5.41, 5.74) is 12.7. The topological polar surface area (TPSA) is 106 Å².